The second kappa shape index (κ2) is 12.2. The molecule has 0 aromatic carbocycles. The highest BCUT2D eigenvalue weighted by atomic mass is 35.5. The number of carbonyl (C=O) groups excluding carboxylic acids is 1. The zero-order valence-corrected chi connectivity index (χ0v) is 17.2. The molecule has 152 valence electrons. The summed E-state index contributed by atoms with van der Waals surface area (Å²) in [7, 11) is 0. The summed E-state index contributed by atoms with van der Waals surface area (Å²) < 4.78 is 0. The van der Waals surface area contributed by atoms with Crippen molar-refractivity contribution in [2.75, 3.05) is 0 Å². The van der Waals surface area contributed by atoms with Gasteiger partial charge in [0.15, 0.2) is 5.69 Å². The first kappa shape index (κ1) is 23.7. The summed E-state index contributed by atoms with van der Waals surface area (Å²) in [5, 5.41) is 8.30. The van der Waals surface area contributed by atoms with E-state index < -0.39 is 16.8 Å². The lowest BCUT2D eigenvalue weighted by atomic mass is 10.2. The number of halogens is 2. The topological polar surface area (TPSA) is 126 Å². The molecule has 0 unspecified atom stereocenters. The maximum atomic E-state index is 11.0. The SMILES string of the molecule is CCCCc1nc(C(=O)O)cc(=O)[nH]1.CCCCc1nc(Cl)cc(C(=O)Cl)n1. The number of hydrogen-bond acceptors (Lipinski definition) is 6. The maximum absolute atomic E-state index is 11.0. The lowest BCUT2D eigenvalue weighted by Gasteiger charge is -2.00. The molecule has 0 fully saturated rings. The Morgan fingerprint density at radius 1 is 1.04 bits per heavy atom. The van der Waals surface area contributed by atoms with E-state index in [1.165, 1.54) is 6.07 Å². The molecule has 2 aromatic heterocycles. The molecule has 0 amide bonds. The molecule has 8 nitrogen and oxygen atoms in total. The van der Waals surface area contributed by atoms with Crippen LogP contribution in [0.2, 0.25) is 5.15 Å². The monoisotopic (exact) mass is 428 g/mol. The number of nitrogens with zero attached hydrogens (tertiary/aromatic N) is 3. The predicted octanol–water partition coefficient (Wildman–Crippen LogP) is 3.66. The fourth-order valence-electron chi connectivity index (χ4n) is 2.09. The standard InChI is InChI=1S/C9H10Cl2N2O.C9H12N2O3/c1-2-3-4-8-12-6(9(11)14)5-7(10)13-8;1-2-3-4-7-10-6(9(13)14)5-8(12)11-7/h5H,2-4H2,1H3;5H,2-4H2,1H3,(H,13,14)(H,10,11,12). The molecular weight excluding hydrogens is 407 g/mol. The summed E-state index contributed by atoms with van der Waals surface area (Å²) in [6.45, 7) is 4.08. The number of aromatic amines is 1. The van der Waals surface area contributed by atoms with Crippen LogP contribution < -0.4 is 5.56 Å². The number of rotatable bonds is 8. The van der Waals surface area contributed by atoms with Gasteiger partial charge in [-0.2, -0.15) is 0 Å². The summed E-state index contributed by atoms with van der Waals surface area (Å²) in [6, 6.07) is 2.35. The van der Waals surface area contributed by atoms with Crippen molar-refractivity contribution >= 4 is 34.4 Å². The largest absolute Gasteiger partial charge is 0.477 e. The van der Waals surface area contributed by atoms with Crippen LogP contribution in [0.4, 0.5) is 0 Å². The van der Waals surface area contributed by atoms with Crippen LogP contribution in [-0.2, 0) is 12.8 Å². The molecule has 2 N–H and O–H groups in total. The summed E-state index contributed by atoms with van der Waals surface area (Å²) in [4.78, 5) is 46.7. The van der Waals surface area contributed by atoms with E-state index in [2.05, 4.69) is 26.9 Å². The number of unbranched alkanes of at least 4 members (excludes halogenated alkanes) is 2. The minimum Gasteiger partial charge on any atom is -0.477 e. The van der Waals surface area contributed by atoms with Gasteiger partial charge < -0.3 is 10.1 Å². The minimum atomic E-state index is -1.17. The van der Waals surface area contributed by atoms with E-state index >= 15 is 0 Å². The predicted molar refractivity (Wildman–Crippen MR) is 106 cm³/mol. The van der Waals surface area contributed by atoms with Crippen LogP contribution in [0.1, 0.15) is 72.2 Å². The quantitative estimate of drug-likeness (QED) is 0.484. The van der Waals surface area contributed by atoms with Crippen molar-refractivity contribution in [1.29, 1.82) is 0 Å². The maximum Gasteiger partial charge on any atom is 0.354 e. The first-order valence-corrected chi connectivity index (χ1v) is 9.59. The van der Waals surface area contributed by atoms with Crippen LogP contribution in [0.15, 0.2) is 16.9 Å². The lowest BCUT2D eigenvalue weighted by Crippen LogP contribution is -2.15. The highest BCUT2D eigenvalue weighted by Crippen LogP contribution is 2.11. The van der Waals surface area contributed by atoms with Gasteiger partial charge in [-0.3, -0.25) is 9.59 Å². The number of H-pyrrole nitrogens is 1. The van der Waals surface area contributed by atoms with Gasteiger partial charge in [0.2, 0.25) is 0 Å². The van der Waals surface area contributed by atoms with Gasteiger partial charge in [-0.05, 0) is 24.4 Å². The van der Waals surface area contributed by atoms with Gasteiger partial charge in [0.05, 0.1) is 0 Å². The van der Waals surface area contributed by atoms with Gasteiger partial charge in [-0.15, -0.1) is 0 Å². The molecular formula is C18H22Cl2N4O4. The zero-order chi connectivity index (χ0) is 21.1. The number of carbonyl (C=O) groups is 2. The molecule has 28 heavy (non-hydrogen) atoms. The van der Waals surface area contributed by atoms with Gasteiger partial charge in [-0.1, -0.05) is 38.3 Å². The molecule has 0 aliphatic heterocycles. The molecule has 0 radical (unpaired) electrons. The average Bonchev–Trinajstić information content (AvgIpc) is 2.64. The number of nitrogens with one attached hydrogen (secondary N) is 1. The Labute approximate surface area is 172 Å². The van der Waals surface area contributed by atoms with Crippen molar-refractivity contribution in [3.05, 3.63) is 50.7 Å². The van der Waals surface area contributed by atoms with Crippen LogP contribution in [-0.4, -0.2) is 36.3 Å². The van der Waals surface area contributed by atoms with Crippen molar-refractivity contribution in [1.82, 2.24) is 19.9 Å². The molecule has 0 bridgehead atoms. The number of carboxylic acid groups (broad SMARTS) is 1. The first-order valence-electron chi connectivity index (χ1n) is 8.83. The number of aromatic nitrogens is 4. The molecule has 10 heteroatoms. The highest BCUT2D eigenvalue weighted by Gasteiger charge is 2.08. The summed E-state index contributed by atoms with van der Waals surface area (Å²) in [5.74, 6) is -0.158. The molecule has 0 aliphatic rings. The van der Waals surface area contributed by atoms with Crippen molar-refractivity contribution in [2.24, 2.45) is 0 Å². The Bertz CT molecular complexity index is 871. The molecule has 0 saturated carbocycles. The molecule has 0 saturated heterocycles. The van der Waals surface area contributed by atoms with Crippen molar-refractivity contribution < 1.29 is 14.7 Å². The zero-order valence-electron chi connectivity index (χ0n) is 15.7. The van der Waals surface area contributed by atoms with Gasteiger partial charge in [0.25, 0.3) is 10.8 Å². The Hall–Kier alpha value is -2.32. The fraction of sp³-hybridized carbons (Fsp3) is 0.444. The fourth-order valence-corrected chi connectivity index (χ4v) is 2.39. The Morgan fingerprint density at radius 3 is 2.25 bits per heavy atom. The molecule has 2 aromatic rings. The third-order valence-corrected chi connectivity index (χ3v) is 3.86. The Kier molecular flexibility index (Phi) is 10.3. The minimum absolute atomic E-state index is 0.165. The van der Waals surface area contributed by atoms with Gasteiger partial charge in [-0.25, -0.2) is 19.7 Å². The third kappa shape index (κ3) is 8.58. The molecule has 2 heterocycles. The third-order valence-electron chi connectivity index (χ3n) is 3.47. The normalized spacial score (nSPS) is 10.1. The van der Waals surface area contributed by atoms with Gasteiger partial charge in [0, 0.05) is 25.0 Å². The van der Waals surface area contributed by atoms with Crippen LogP contribution in [0.3, 0.4) is 0 Å². The van der Waals surface area contributed by atoms with E-state index in [9.17, 15) is 14.4 Å². The Morgan fingerprint density at radius 2 is 1.68 bits per heavy atom. The summed E-state index contributed by atoms with van der Waals surface area (Å²) in [5.41, 5.74) is -0.443. The second-order valence-electron chi connectivity index (χ2n) is 5.86. The molecule has 2 rings (SSSR count). The summed E-state index contributed by atoms with van der Waals surface area (Å²) in [6.07, 6.45) is 5.18. The summed E-state index contributed by atoms with van der Waals surface area (Å²) >= 11 is 11.0. The molecule has 0 spiro atoms. The van der Waals surface area contributed by atoms with Gasteiger partial charge >= 0.3 is 5.97 Å². The number of aromatic carboxylic acids is 1. The van der Waals surface area contributed by atoms with E-state index in [1.54, 1.807) is 0 Å². The lowest BCUT2D eigenvalue weighted by molar-refractivity contribution is 0.0689. The van der Waals surface area contributed by atoms with E-state index in [0.29, 0.717) is 24.5 Å². The van der Waals surface area contributed by atoms with E-state index in [0.717, 1.165) is 31.7 Å². The Balaban J connectivity index is 0.000000280. The van der Waals surface area contributed by atoms with E-state index in [1.807, 2.05) is 6.92 Å². The van der Waals surface area contributed by atoms with Crippen LogP contribution in [0, 0.1) is 0 Å². The number of carboxylic acids is 1. The van der Waals surface area contributed by atoms with Gasteiger partial charge in [0.1, 0.15) is 22.5 Å². The molecule has 0 atom stereocenters. The van der Waals surface area contributed by atoms with Crippen LogP contribution in [0.25, 0.3) is 0 Å². The number of hydrogen-bond donors (Lipinski definition) is 2. The number of aryl methyl sites for hydroxylation is 2. The second-order valence-corrected chi connectivity index (χ2v) is 6.59. The van der Waals surface area contributed by atoms with E-state index in [4.69, 9.17) is 28.3 Å². The van der Waals surface area contributed by atoms with Crippen molar-refractivity contribution in [3.63, 3.8) is 0 Å². The molecule has 0 aliphatic carbocycles. The highest BCUT2D eigenvalue weighted by molar-refractivity contribution is 6.67. The smallest absolute Gasteiger partial charge is 0.354 e. The van der Waals surface area contributed by atoms with Crippen molar-refractivity contribution in [2.45, 2.75) is 52.4 Å². The van der Waals surface area contributed by atoms with E-state index in [-0.39, 0.29) is 16.5 Å². The van der Waals surface area contributed by atoms with Crippen molar-refractivity contribution in [3.8, 4) is 0 Å². The first-order chi connectivity index (χ1) is 13.3. The van der Waals surface area contributed by atoms with Crippen LogP contribution in [0.5, 0.6) is 0 Å². The van der Waals surface area contributed by atoms with Crippen LogP contribution >= 0.6 is 23.2 Å². The average molecular weight is 429 g/mol.